The normalized spacial score (nSPS) is 12.7. The fraction of sp³-hybridized carbons (Fsp3) is 0.812. The summed E-state index contributed by atoms with van der Waals surface area (Å²) < 4.78 is 0. The molecule has 1 aromatic heterocycles. The number of nitrogens with zero attached hydrogens (tertiary/aromatic N) is 2. The molecule has 3 nitrogen and oxygen atoms in total. The quantitative estimate of drug-likeness (QED) is 0.660. The molecule has 0 fully saturated rings. The molecule has 0 spiro atoms. The summed E-state index contributed by atoms with van der Waals surface area (Å²) in [7, 11) is 2.17. The Hall–Kier alpha value is -0.610. The third-order valence-corrected chi connectivity index (χ3v) is 4.79. The Balaban J connectivity index is 2.73. The van der Waals surface area contributed by atoms with Crippen molar-refractivity contribution in [2.45, 2.75) is 59.9 Å². The highest BCUT2D eigenvalue weighted by atomic mass is 32.1. The van der Waals surface area contributed by atoms with Crippen LogP contribution in [0, 0.1) is 5.92 Å². The van der Waals surface area contributed by atoms with Crippen molar-refractivity contribution in [3.05, 3.63) is 10.6 Å². The molecule has 1 aromatic rings. The van der Waals surface area contributed by atoms with Gasteiger partial charge in [0.15, 0.2) is 5.13 Å². The first-order chi connectivity index (χ1) is 9.62. The monoisotopic (exact) mass is 297 g/mol. The van der Waals surface area contributed by atoms with Gasteiger partial charge in [-0.3, -0.25) is 0 Å². The highest BCUT2D eigenvalue weighted by Crippen LogP contribution is 2.27. The number of hydrogen-bond donors (Lipinski definition) is 1. The Morgan fingerprint density at radius 2 is 2.00 bits per heavy atom. The lowest BCUT2D eigenvalue weighted by molar-refractivity contribution is 0.559. The topological polar surface area (TPSA) is 28.2 Å². The first kappa shape index (κ1) is 17.4. The van der Waals surface area contributed by atoms with Gasteiger partial charge in [-0.05, 0) is 25.3 Å². The molecule has 0 amide bonds. The maximum Gasteiger partial charge on any atom is 0.185 e. The fourth-order valence-electron chi connectivity index (χ4n) is 2.16. The molecule has 0 radical (unpaired) electrons. The minimum atomic E-state index is 0.722. The van der Waals surface area contributed by atoms with Crippen LogP contribution >= 0.6 is 11.3 Å². The molecule has 1 rings (SSSR count). The molecule has 0 aliphatic carbocycles. The minimum Gasteiger partial charge on any atom is -0.351 e. The number of nitrogens with one attached hydrogen (secondary N) is 1. The highest BCUT2D eigenvalue weighted by molar-refractivity contribution is 7.15. The average molecular weight is 298 g/mol. The summed E-state index contributed by atoms with van der Waals surface area (Å²) in [6.07, 6.45) is 4.67. The summed E-state index contributed by atoms with van der Waals surface area (Å²) in [5.41, 5.74) is 1.30. The number of aromatic nitrogens is 1. The summed E-state index contributed by atoms with van der Waals surface area (Å²) in [5, 5.41) is 4.69. The number of aryl methyl sites for hydroxylation is 1. The Kier molecular flexibility index (Phi) is 8.15. The van der Waals surface area contributed by atoms with Gasteiger partial charge in [0.2, 0.25) is 0 Å². The predicted molar refractivity (Wildman–Crippen MR) is 90.8 cm³/mol. The van der Waals surface area contributed by atoms with E-state index in [0.29, 0.717) is 0 Å². The molecule has 20 heavy (non-hydrogen) atoms. The largest absolute Gasteiger partial charge is 0.351 e. The van der Waals surface area contributed by atoms with Gasteiger partial charge in [-0.25, -0.2) is 4.98 Å². The van der Waals surface area contributed by atoms with E-state index in [4.69, 9.17) is 4.98 Å². The second kappa shape index (κ2) is 9.35. The second-order valence-corrected chi connectivity index (χ2v) is 6.75. The molecule has 1 atom stereocenters. The molecule has 0 aromatic carbocycles. The molecule has 116 valence electrons. The van der Waals surface area contributed by atoms with Crippen LogP contribution in [0.15, 0.2) is 0 Å². The SMILES string of the molecule is CCCNCc1sc(N(C)CC(C)CC)nc1CCC. The van der Waals surface area contributed by atoms with E-state index in [1.807, 2.05) is 11.3 Å². The maximum atomic E-state index is 4.87. The van der Waals surface area contributed by atoms with Crippen LogP contribution in [0.3, 0.4) is 0 Å². The van der Waals surface area contributed by atoms with E-state index < -0.39 is 0 Å². The summed E-state index contributed by atoms with van der Waals surface area (Å²) in [4.78, 5) is 8.61. The van der Waals surface area contributed by atoms with Crippen molar-refractivity contribution in [2.24, 2.45) is 5.92 Å². The molecule has 1 N–H and O–H groups in total. The number of hydrogen-bond acceptors (Lipinski definition) is 4. The van der Waals surface area contributed by atoms with Crippen LogP contribution in [0.1, 0.15) is 57.5 Å². The van der Waals surface area contributed by atoms with Crippen molar-refractivity contribution in [1.29, 1.82) is 0 Å². The molecular weight excluding hydrogens is 266 g/mol. The van der Waals surface area contributed by atoms with Gasteiger partial charge in [0.1, 0.15) is 0 Å². The zero-order valence-electron chi connectivity index (χ0n) is 13.8. The van der Waals surface area contributed by atoms with Gasteiger partial charge in [0.05, 0.1) is 5.69 Å². The smallest absolute Gasteiger partial charge is 0.185 e. The zero-order valence-corrected chi connectivity index (χ0v) is 14.6. The number of thiazole rings is 1. The minimum absolute atomic E-state index is 0.722. The molecule has 0 bridgehead atoms. The van der Waals surface area contributed by atoms with Crippen molar-refractivity contribution in [3.8, 4) is 0 Å². The molecule has 0 saturated heterocycles. The van der Waals surface area contributed by atoms with Gasteiger partial charge in [0.25, 0.3) is 0 Å². The first-order valence-electron chi connectivity index (χ1n) is 8.02. The lowest BCUT2D eigenvalue weighted by Crippen LogP contribution is -2.23. The highest BCUT2D eigenvalue weighted by Gasteiger charge is 2.14. The van der Waals surface area contributed by atoms with Crippen LogP contribution < -0.4 is 10.2 Å². The van der Waals surface area contributed by atoms with Gasteiger partial charge >= 0.3 is 0 Å². The number of anilines is 1. The molecular formula is C16H31N3S. The Morgan fingerprint density at radius 3 is 2.60 bits per heavy atom. The van der Waals surface area contributed by atoms with E-state index >= 15 is 0 Å². The number of rotatable bonds is 10. The van der Waals surface area contributed by atoms with Crippen LogP contribution in [0.5, 0.6) is 0 Å². The molecule has 0 aliphatic rings. The maximum absolute atomic E-state index is 4.87. The lowest BCUT2D eigenvalue weighted by Gasteiger charge is -2.19. The standard InChI is InChI=1S/C16H31N3S/c1-6-9-14-15(11-17-10-7-2)20-16(18-14)19(5)12-13(4)8-3/h13,17H,6-12H2,1-5H3. The molecule has 1 unspecified atom stereocenters. The molecule has 0 aliphatic heterocycles. The van der Waals surface area contributed by atoms with E-state index in [0.717, 1.165) is 32.0 Å². The van der Waals surface area contributed by atoms with Crippen LogP contribution in [0.25, 0.3) is 0 Å². The third kappa shape index (κ3) is 5.41. The van der Waals surface area contributed by atoms with Gasteiger partial charge in [-0.15, -0.1) is 11.3 Å². The summed E-state index contributed by atoms with van der Waals surface area (Å²) in [6, 6.07) is 0. The molecule has 4 heteroatoms. The van der Waals surface area contributed by atoms with Crippen LogP contribution in [-0.2, 0) is 13.0 Å². The van der Waals surface area contributed by atoms with E-state index in [1.165, 1.54) is 35.0 Å². The fourth-order valence-corrected chi connectivity index (χ4v) is 3.20. The van der Waals surface area contributed by atoms with Crippen molar-refractivity contribution in [3.63, 3.8) is 0 Å². The van der Waals surface area contributed by atoms with Gasteiger partial charge in [-0.2, -0.15) is 0 Å². The van der Waals surface area contributed by atoms with Crippen molar-refractivity contribution in [2.75, 3.05) is 25.0 Å². The van der Waals surface area contributed by atoms with Gasteiger partial charge in [-0.1, -0.05) is 40.5 Å². The third-order valence-electron chi connectivity index (χ3n) is 3.58. The Bertz CT molecular complexity index is 376. The van der Waals surface area contributed by atoms with Gasteiger partial charge < -0.3 is 10.2 Å². The van der Waals surface area contributed by atoms with E-state index in [-0.39, 0.29) is 0 Å². The lowest BCUT2D eigenvalue weighted by atomic mass is 10.1. The Morgan fingerprint density at radius 1 is 1.25 bits per heavy atom. The van der Waals surface area contributed by atoms with Crippen molar-refractivity contribution >= 4 is 16.5 Å². The zero-order chi connectivity index (χ0) is 15.0. The first-order valence-corrected chi connectivity index (χ1v) is 8.84. The van der Waals surface area contributed by atoms with Crippen LogP contribution in [-0.4, -0.2) is 25.1 Å². The molecule has 0 saturated carbocycles. The van der Waals surface area contributed by atoms with Crippen molar-refractivity contribution in [1.82, 2.24) is 10.3 Å². The molecule has 1 heterocycles. The van der Waals surface area contributed by atoms with Crippen LogP contribution in [0.2, 0.25) is 0 Å². The van der Waals surface area contributed by atoms with Gasteiger partial charge in [0, 0.05) is 25.0 Å². The Labute approximate surface area is 128 Å². The summed E-state index contributed by atoms with van der Waals surface area (Å²) in [5.74, 6) is 0.722. The second-order valence-electron chi connectivity index (χ2n) is 5.69. The van der Waals surface area contributed by atoms with Crippen LogP contribution in [0.4, 0.5) is 5.13 Å². The van der Waals surface area contributed by atoms with E-state index in [2.05, 4.69) is 45.0 Å². The summed E-state index contributed by atoms with van der Waals surface area (Å²) in [6.45, 7) is 12.1. The average Bonchev–Trinajstić information content (AvgIpc) is 2.83. The van der Waals surface area contributed by atoms with Crippen molar-refractivity contribution < 1.29 is 0 Å². The van der Waals surface area contributed by atoms with E-state index in [1.54, 1.807) is 0 Å². The van der Waals surface area contributed by atoms with E-state index in [9.17, 15) is 0 Å². The predicted octanol–water partition coefficient (Wildman–Crippen LogP) is 4.08. The summed E-state index contributed by atoms with van der Waals surface area (Å²) >= 11 is 1.86.